The van der Waals surface area contributed by atoms with E-state index >= 15 is 0 Å². The maximum atomic E-state index is 10.3. The topological polar surface area (TPSA) is 61.7 Å². The summed E-state index contributed by atoms with van der Waals surface area (Å²) in [6.45, 7) is 8.96. The van der Waals surface area contributed by atoms with Crippen molar-refractivity contribution in [3.63, 3.8) is 0 Å². The van der Waals surface area contributed by atoms with Gasteiger partial charge in [0.2, 0.25) is 0 Å². The molecule has 0 aliphatic rings. The van der Waals surface area contributed by atoms with Crippen molar-refractivity contribution in [3.05, 3.63) is 29.3 Å². The predicted molar refractivity (Wildman–Crippen MR) is 81.2 cm³/mol. The Balaban J connectivity index is 2.90. The van der Waals surface area contributed by atoms with Crippen LogP contribution in [0.15, 0.2) is 18.2 Å². The number of nitrogens with one attached hydrogen (secondary N) is 1. The van der Waals surface area contributed by atoms with Crippen molar-refractivity contribution >= 4 is 0 Å². The van der Waals surface area contributed by atoms with Crippen molar-refractivity contribution in [2.24, 2.45) is 0 Å². The van der Waals surface area contributed by atoms with Crippen LogP contribution in [0.4, 0.5) is 0 Å². The van der Waals surface area contributed by atoms with E-state index in [2.05, 4.69) is 26.1 Å². The number of ether oxygens (including phenoxy) is 1. The largest absolute Gasteiger partial charge is 0.496 e. The van der Waals surface area contributed by atoms with Crippen LogP contribution in [0, 0.1) is 0 Å². The minimum Gasteiger partial charge on any atom is -0.496 e. The molecule has 0 heterocycles. The molecule has 3 N–H and O–H groups in total. The fourth-order valence-corrected chi connectivity index (χ4v) is 2.00. The molecule has 114 valence electrons. The fraction of sp³-hybridized carbons (Fsp3) is 0.625. The van der Waals surface area contributed by atoms with E-state index in [0.29, 0.717) is 18.8 Å². The second kappa shape index (κ2) is 7.07. The van der Waals surface area contributed by atoms with Gasteiger partial charge in [-0.25, -0.2) is 0 Å². The molecule has 2 unspecified atom stereocenters. The zero-order valence-electron chi connectivity index (χ0n) is 13.1. The van der Waals surface area contributed by atoms with E-state index in [0.717, 1.165) is 11.1 Å². The fourth-order valence-electron chi connectivity index (χ4n) is 2.00. The maximum absolute atomic E-state index is 10.3. The molecule has 1 rings (SSSR count). The number of methoxy groups -OCH3 is 1. The van der Waals surface area contributed by atoms with Gasteiger partial charge in [0.25, 0.3) is 0 Å². The first-order valence-electron chi connectivity index (χ1n) is 7.01. The summed E-state index contributed by atoms with van der Waals surface area (Å²) in [5.41, 5.74) is 1.95. The quantitative estimate of drug-likeness (QED) is 0.746. The van der Waals surface area contributed by atoms with E-state index in [1.807, 2.05) is 18.2 Å². The molecule has 1 aromatic carbocycles. The lowest BCUT2D eigenvalue weighted by molar-refractivity contribution is 0.152. The van der Waals surface area contributed by atoms with Crippen LogP contribution in [-0.2, 0) is 5.41 Å². The molecule has 0 saturated heterocycles. The van der Waals surface area contributed by atoms with E-state index in [9.17, 15) is 10.2 Å². The Kier molecular flexibility index (Phi) is 5.99. The molecule has 4 heteroatoms. The number of benzene rings is 1. The van der Waals surface area contributed by atoms with Crippen LogP contribution in [0.25, 0.3) is 0 Å². The molecular weight excluding hydrogens is 254 g/mol. The van der Waals surface area contributed by atoms with Crippen LogP contribution in [0.3, 0.4) is 0 Å². The van der Waals surface area contributed by atoms with Crippen LogP contribution in [-0.4, -0.2) is 36.5 Å². The van der Waals surface area contributed by atoms with E-state index in [1.165, 1.54) is 0 Å². The molecule has 4 nitrogen and oxygen atoms in total. The highest BCUT2D eigenvalue weighted by Gasteiger charge is 2.19. The zero-order valence-corrected chi connectivity index (χ0v) is 13.1. The molecule has 0 saturated carbocycles. The van der Waals surface area contributed by atoms with Gasteiger partial charge in [0, 0.05) is 18.7 Å². The monoisotopic (exact) mass is 281 g/mol. The predicted octanol–water partition coefficient (Wildman–Crippen LogP) is 2.00. The normalized spacial score (nSPS) is 14.9. The lowest BCUT2D eigenvalue weighted by atomic mass is 9.85. The molecule has 0 amide bonds. The van der Waals surface area contributed by atoms with Crippen molar-refractivity contribution in [1.29, 1.82) is 0 Å². The van der Waals surface area contributed by atoms with Crippen molar-refractivity contribution in [2.45, 2.75) is 45.3 Å². The first-order chi connectivity index (χ1) is 9.25. The summed E-state index contributed by atoms with van der Waals surface area (Å²) < 4.78 is 5.32. The highest BCUT2D eigenvalue weighted by Crippen LogP contribution is 2.31. The van der Waals surface area contributed by atoms with E-state index in [1.54, 1.807) is 14.0 Å². The Morgan fingerprint density at radius 3 is 2.35 bits per heavy atom. The highest BCUT2D eigenvalue weighted by atomic mass is 16.5. The molecule has 0 bridgehead atoms. The molecule has 0 aliphatic heterocycles. The Morgan fingerprint density at radius 1 is 1.20 bits per heavy atom. The average Bonchev–Trinajstić information content (AvgIpc) is 2.36. The summed E-state index contributed by atoms with van der Waals surface area (Å²) in [6.07, 6.45) is -1.09. The van der Waals surface area contributed by atoms with Crippen LogP contribution in [0.5, 0.6) is 5.75 Å². The van der Waals surface area contributed by atoms with Gasteiger partial charge in [-0.1, -0.05) is 26.8 Å². The van der Waals surface area contributed by atoms with E-state index in [4.69, 9.17) is 4.74 Å². The average molecular weight is 281 g/mol. The van der Waals surface area contributed by atoms with E-state index < -0.39 is 12.2 Å². The molecule has 1 aromatic rings. The third kappa shape index (κ3) is 4.78. The molecule has 0 aromatic heterocycles. The van der Waals surface area contributed by atoms with Crippen LogP contribution >= 0.6 is 0 Å². The smallest absolute Gasteiger partial charge is 0.124 e. The van der Waals surface area contributed by atoms with E-state index in [-0.39, 0.29) is 5.41 Å². The Bertz CT molecular complexity index is 424. The summed E-state index contributed by atoms with van der Waals surface area (Å²) in [6, 6.07) is 5.92. The Hall–Kier alpha value is -1.10. The molecule has 0 fully saturated rings. The molecular formula is C16H27NO3. The number of rotatable bonds is 6. The van der Waals surface area contributed by atoms with Gasteiger partial charge in [0.15, 0.2) is 0 Å². The van der Waals surface area contributed by atoms with Gasteiger partial charge in [-0.2, -0.15) is 0 Å². The lowest BCUT2D eigenvalue weighted by Crippen LogP contribution is -2.29. The highest BCUT2D eigenvalue weighted by molar-refractivity contribution is 5.41. The number of aliphatic hydroxyl groups excluding tert-OH is 2. The van der Waals surface area contributed by atoms with Gasteiger partial charge < -0.3 is 20.3 Å². The first-order valence-corrected chi connectivity index (χ1v) is 7.01. The minimum atomic E-state index is -0.661. The van der Waals surface area contributed by atoms with Gasteiger partial charge in [0.1, 0.15) is 5.75 Å². The number of aliphatic hydroxyl groups is 2. The standard InChI is InChI=1S/C16H27NO3/c1-11(18)9-17-10-14(19)13-8-12(16(2,3)4)6-7-15(13)20-5/h6-8,11,14,17-19H,9-10H2,1-5H3. The van der Waals surface area contributed by atoms with Gasteiger partial charge >= 0.3 is 0 Å². The lowest BCUT2D eigenvalue weighted by Gasteiger charge is -2.23. The second-order valence-electron chi connectivity index (χ2n) is 6.23. The molecule has 20 heavy (non-hydrogen) atoms. The summed E-state index contributed by atoms with van der Waals surface area (Å²) in [5, 5.41) is 22.6. The minimum absolute atomic E-state index is 0.0216. The van der Waals surface area contributed by atoms with Crippen LogP contribution < -0.4 is 10.1 Å². The second-order valence-corrected chi connectivity index (χ2v) is 6.23. The summed E-state index contributed by atoms with van der Waals surface area (Å²) in [7, 11) is 1.60. The first kappa shape index (κ1) is 17.0. The third-order valence-corrected chi connectivity index (χ3v) is 3.23. The molecule has 0 aliphatic carbocycles. The van der Waals surface area contributed by atoms with Crippen LogP contribution in [0.1, 0.15) is 44.9 Å². The number of hydrogen-bond donors (Lipinski definition) is 3. The van der Waals surface area contributed by atoms with Crippen molar-refractivity contribution < 1.29 is 14.9 Å². The summed E-state index contributed by atoms with van der Waals surface area (Å²) in [5.74, 6) is 0.685. The molecule has 0 radical (unpaired) electrons. The van der Waals surface area contributed by atoms with Gasteiger partial charge in [0.05, 0.1) is 19.3 Å². The maximum Gasteiger partial charge on any atom is 0.124 e. The summed E-state index contributed by atoms with van der Waals surface area (Å²) in [4.78, 5) is 0. The number of hydrogen-bond acceptors (Lipinski definition) is 4. The van der Waals surface area contributed by atoms with Gasteiger partial charge in [-0.15, -0.1) is 0 Å². The Labute approximate surface area is 121 Å². The third-order valence-electron chi connectivity index (χ3n) is 3.23. The Morgan fingerprint density at radius 2 is 1.85 bits per heavy atom. The molecule has 2 atom stereocenters. The molecule has 0 spiro atoms. The van der Waals surface area contributed by atoms with Gasteiger partial charge in [-0.3, -0.25) is 0 Å². The SMILES string of the molecule is COc1ccc(C(C)(C)C)cc1C(O)CNCC(C)O. The zero-order chi connectivity index (χ0) is 15.3. The van der Waals surface area contributed by atoms with Gasteiger partial charge in [-0.05, 0) is 30.0 Å². The van der Waals surface area contributed by atoms with Crippen molar-refractivity contribution in [1.82, 2.24) is 5.32 Å². The summed E-state index contributed by atoms with van der Waals surface area (Å²) >= 11 is 0. The van der Waals surface area contributed by atoms with Crippen molar-refractivity contribution in [2.75, 3.05) is 20.2 Å². The van der Waals surface area contributed by atoms with Crippen molar-refractivity contribution in [3.8, 4) is 5.75 Å². The van der Waals surface area contributed by atoms with Crippen LogP contribution in [0.2, 0.25) is 0 Å².